The maximum Gasteiger partial charge on any atom is 0.243 e. The molecule has 43 heavy (non-hydrogen) atoms. The molecular formula is C29H39ClN6O6S. The van der Waals surface area contributed by atoms with Crippen LogP contribution in [0.15, 0.2) is 48.5 Å². The number of halogens is 1. The van der Waals surface area contributed by atoms with Crippen LogP contribution < -0.4 is 21.5 Å². The predicted molar refractivity (Wildman–Crippen MR) is 162 cm³/mol. The molecule has 2 aromatic carbocycles. The average Bonchev–Trinajstić information content (AvgIpc) is 3.39. The normalized spacial score (nSPS) is 19.7. The molecule has 0 spiro atoms. The van der Waals surface area contributed by atoms with Crippen LogP contribution in [0.2, 0.25) is 5.02 Å². The van der Waals surface area contributed by atoms with Crippen molar-refractivity contribution in [2.24, 2.45) is 11.5 Å². The summed E-state index contributed by atoms with van der Waals surface area (Å²) in [7, 11) is -3.99. The number of morpholine rings is 1. The molecule has 2 aromatic rings. The van der Waals surface area contributed by atoms with Gasteiger partial charge in [-0.2, -0.15) is 0 Å². The number of hydrogen-bond donors (Lipinski definition) is 4. The minimum atomic E-state index is -3.99. The van der Waals surface area contributed by atoms with E-state index < -0.39 is 40.0 Å². The van der Waals surface area contributed by atoms with E-state index in [0.29, 0.717) is 36.9 Å². The van der Waals surface area contributed by atoms with Gasteiger partial charge in [-0.3, -0.25) is 14.4 Å². The average molecular weight is 635 g/mol. The fraction of sp³-hybridized carbons (Fsp3) is 0.483. The highest BCUT2D eigenvalue weighted by atomic mass is 35.5. The Morgan fingerprint density at radius 3 is 2.49 bits per heavy atom. The highest BCUT2D eigenvalue weighted by Gasteiger charge is 2.41. The number of carbonyl (C=O) groups is 3. The molecule has 0 saturated carbocycles. The van der Waals surface area contributed by atoms with E-state index in [0.717, 1.165) is 11.1 Å². The van der Waals surface area contributed by atoms with E-state index in [4.69, 9.17) is 27.8 Å². The Balaban J connectivity index is 1.49. The second-order valence-electron chi connectivity index (χ2n) is 10.8. The van der Waals surface area contributed by atoms with Crippen LogP contribution in [-0.4, -0.2) is 86.9 Å². The monoisotopic (exact) mass is 634 g/mol. The SMILES string of the molecule is NCc1ccc(Cl)cc1CNC(=O)[C@@H]1C[C@@H](N)CN1C(=O)C(CCC(=O)N1CCOCC1)NS(=O)(=O)Cc1ccccc1. The van der Waals surface area contributed by atoms with Gasteiger partial charge in [0.1, 0.15) is 12.1 Å². The van der Waals surface area contributed by atoms with Gasteiger partial charge in [-0.25, -0.2) is 13.1 Å². The zero-order valence-electron chi connectivity index (χ0n) is 23.9. The van der Waals surface area contributed by atoms with Crippen molar-refractivity contribution < 1.29 is 27.5 Å². The lowest BCUT2D eigenvalue weighted by atomic mass is 10.1. The second-order valence-corrected chi connectivity index (χ2v) is 13.0. The Bertz CT molecular complexity index is 1390. The van der Waals surface area contributed by atoms with Crippen molar-refractivity contribution in [1.29, 1.82) is 0 Å². The maximum atomic E-state index is 13.9. The largest absolute Gasteiger partial charge is 0.378 e. The molecule has 2 heterocycles. The van der Waals surface area contributed by atoms with Crippen LogP contribution >= 0.6 is 11.6 Å². The molecule has 6 N–H and O–H groups in total. The van der Waals surface area contributed by atoms with Crippen LogP contribution in [0.1, 0.15) is 36.0 Å². The molecule has 1 unspecified atom stereocenters. The molecule has 12 nitrogen and oxygen atoms in total. The molecule has 0 bridgehead atoms. The minimum Gasteiger partial charge on any atom is -0.378 e. The summed E-state index contributed by atoms with van der Waals surface area (Å²) < 4.78 is 34.2. The number of benzene rings is 2. The zero-order chi connectivity index (χ0) is 31.0. The first-order chi connectivity index (χ1) is 20.6. The van der Waals surface area contributed by atoms with E-state index in [-0.39, 0.29) is 50.6 Å². The number of sulfonamides is 1. The molecule has 2 aliphatic heterocycles. The lowest BCUT2D eigenvalue weighted by Gasteiger charge is -2.30. The van der Waals surface area contributed by atoms with Crippen molar-refractivity contribution in [2.45, 2.75) is 56.2 Å². The molecule has 3 atom stereocenters. The first kappa shape index (κ1) is 32.8. The van der Waals surface area contributed by atoms with Crippen LogP contribution in [0.5, 0.6) is 0 Å². The molecule has 3 amide bonds. The van der Waals surface area contributed by atoms with Crippen LogP contribution in [0, 0.1) is 0 Å². The third kappa shape index (κ3) is 9.21. The van der Waals surface area contributed by atoms with E-state index in [1.54, 1.807) is 53.4 Å². The number of hydrogen-bond acceptors (Lipinski definition) is 8. The Hall–Kier alpha value is -3.07. The van der Waals surface area contributed by atoms with Gasteiger partial charge in [0.25, 0.3) is 0 Å². The molecule has 234 valence electrons. The highest BCUT2D eigenvalue weighted by molar-refractivity contribution is 7.88. The van der Waals surface area contributed by atoms with Crippen molar-refractivity contribution >= 4 is 39.3 Å². The molecule has 4 rings (SSSR count). The van der Waals surface area contributed by atoms with Crippen molar-refractivity contribution in [3.8, 4) is 0 Å². The second kappa shape index (κ2) is 15.1. The Morgan fingerprint density at radius 2 is 1.79 bits per heavy atom. The fourth-order valence-corrected chi connectivity index (χ4v) is 6.90. The smallest absolute Gasteiger partial charge is 0.243 e. The third-order valence-electron chi connectivity index (χ3n) is 7.59. The summed E-state index contributed by atoms with van der Waals surface area (Å²) in [6.07, 6.45) is 0.0657. The number of nitrogens with two attached hydrogens (primary N) is 2. The van der Waals surface area contributed by atoms with Gasteiger partial charge in [0.2, 0.25) is 27.7 Å². The van der Waals surface area contributed by atoms with E-state index in [9.17, 15) is 22.8 Å². The first-order valence-electron chi connectivity index (χ1n) is 14.3. The lowest BCUT2D eigenvalue weighted by Crippen LogP contribution is -2.54. The quantitative estimate of drug-likeness (QED) is 0.260. The molecule has 2 saturated heterocycles. The maximum absolute atomic E-state index is 13.9. The molecule has 0 aliphatic carbocycles. The van der Waals surface area contributed by atoms with Crippen molar-refractivity contribution in [3.05, 3.63) is 70.2 Å². The first-order valence-corrected chi connectivity index (χ1v) is 16.3. The van der Waals surface area contributed by atoms with Gasteiger partial charge in [-0.05, 0) is 41.7 Å². The summed E-state index contributed by atoms with van der Waals surface area (Å²) in [5.74, 6) is -1.58. The van der Waals surface area contributed by atoms with Gasteiger partial charge in [-0.1, -0.05) is 48.0 Å². The van der Waals surface area contributed by atoms with Gasteiger partial charge in [0, 0.05) is 50.2 Å². The van der Waals surface area contributed by atoms with Crippen LogP contribution in [0.3, 0.4) is 0 Å². The van der Waals surface area contributed by atoms with E-state index in [1.807, 2.05) is 0 Å². The summed E-state index contributed by atoms with van der Waals surface area (Å²) >= 11 is 6.13. The molecule has 2 aliphatic rings. The summed E-state index contributed by atoms with van der Waals surface area (Å²) in [6, 6.07) is 11.1. The molecule has 14 heteroatoms. The van der Waals surface area contributed by atoms with Gasteiger partial charge < -0.3 is 31.3 Å². The molecular weight excluding hydrogens is 596 g/mol. The van der Waals surface area contributed by atoms with Crippen LogP contribution in [0.4, 0.5) is 0 Å². The summed E-state index contributed by atoms with van der Waals surface area (Å²) in [6.45, 7) is 2.16. The summed E-state index contributed by atoms with van der Waals surface area (Å²) in [5.41, 5.74) is 14.1. The van der Waals surface area contributed by atoms with E-state index in [1.165, 1.54) is 4.90 Å². The number of amides is 3. The Kier molecular flexibility index (Phi) is 11.5. The Labute approximate surface area is 257 Å². The van der Waals surface area contributed by atoms with Crippen molar-refractivity contribution in [1.82, 2.24) is 19.8 Å². The third-order valence-corrected chi connectivity index (χ3v) is 9.18. The minimum absolute atomic E-state index is 0.0579. The fourth-order valence-electron chi connectivity index (χ4n) is 5.34. The number of nitrogens with one attached hydrogen (secondary N) is 2. The number of ether oxygens (including phenoxy) is 1. The predicted octanol–water partition coefficient (Wildman–Crippen LogP) is 0.470. The van der Waals surface area contributed by atoms with Crippen molar-refractivity contribution in [2.75, 3.05) is 32.8 Å². The van der Waals surface area contributed by atoms with Crippen molar-refractivity contribution in [3.63, 3.8) is 0 Å². The number of likely N-dealkylation sites (tertiary alicyclic amines) is 1. The number of rotatable bonds is 12. The van der Waals surface area contributed by atoms with Crippen LogP contribution in [-0.2, 0) is 48.0 Å². The summed E-state index contributed by atoms with van der Waals surface area (Å²) in [4.78, 5) is 43.1. The number of nitrogens with zero attached hydrogens (tertiary/aromatic N) is 2. The molecule has 2 fully saturated rings. The highest BCUT2D eigenvalue weighted by Crippen LogP contribution is 2.22. The van der Waals surface area contributed by atoms with E-state index in [2.05, 4.69) is 10.0 Å². The van der Waals surface area contributed by atoms with Gasteiger partial charge in [0.15, 0.2) is 0 Å². The Morgan fingerprint density at radius 1 is 1.07 bits per heavy atom. The zero-order valence-corrected chi connectivity index (χ0v) is 25.5. The lowest BCUT2D eigenvalue weighted by molar-refractivity contribution is -0.140. The van der Waals surface area contributed by atoms with Gasteiger partial charge in [-0.15, -0.1) is 0 Å². The molecule has 0 radical (unpaired) electrons. The number of carbonyl (C=O) groups excluding carboxylic acids is 3. The standard InChI is InChI=1S/C29H39ClN6O6S/c30-23-7-6-21(16-31)22(14-23)17-33-28(38)26-15-24(32)18-36(26)29(39)25(8-9-27(37)35-10-12-42-13-11-35)34-43(40,41)19-20-4-2-1-3-5-20/h1-7,14,24-26,34H,8-13,15-19,31-32H2,(H,33,38)/t24-,25?,26+/m1/s1. The van der Waals surface area contributed by atoms with Gasteiger partial charge in [0.05, 0.1) is 19.0 Å². The van der Waals surface area contributed by atoms with Crippen LogP contribution in [0.25, 0.3) is 0 Å². The summed E-state index contributed by atoms with van der Waals surface area (Å²) in [5, 5.41) is 3.35. The topological polar surface area (TPSA) is 177 Å². The van der Waals surface area contributed by atoms with Gasteiger partial charge >= 0.3 is 0 Å². The van der Waals surface area contributed by atoms with E-state index >= 15 is 0 Å². The molecule has 0 aromatic heterocycles.